The number of likely N-dealkylation sites (tertiary alicyclic amines) is 1. The Morgan fingerprint density at radius 2 is 1.96 bits per heavy atom. The molecule has 0 amide bonds. The van der Waals surface area contributed by atoms with Gasteiger partial charge in [0.05, 0.1) is 6.54 Å². The van der Waals surface area contributed by atoms with Gasteiger partial charge in [0.2, 0.25) is 0 Å². The number of hydrogen-bond donors (Lipinski definition) is 1. The predicted molar refractivity (Wildman–Crippen MR) is 82.6 cm³/mol. The Kier molecular flexibility index (Phi) is 4.89. The lowest BCUT2D eigenvalue weighted by atomic mass is 10.1. The van der Waals surface area contributed by atoms with Gasteiger partial charge in [-0.05, 0) is 31.7 Å². The first kappa shape index (κ1) is 16.3. The molecular weight excluding hydrogens is 307 g/mol. The topological polar surface area (TPSA) is 44.3 Å². The molecule has 2 fully saturated rings. The maximum Gasteiger partial charge on any atom is 0.401 e. The van der Waals surface area contributed by atoms with Gasteiger partial charge < -0.3 is 10.2 Å². The summed E-state index contributed by atoms with van der Waals surface area (Å²) in [5.41, 5.74) is 0. The first-order valence-electron chi connectivity index (χ1n) is 8.09. The molecule has 1 aromatic heterocycles. The Labute approximate surface area is 133 Å². The first-order valence-corrected chi connectivity index (χ1v) is 8.09. The number of aromatic nitrogens is 2. The minimum atomic E-state index is -4.11. The summed E-state index contributed by atoms with van der Waals surface area (Å²) >= 11 is 0. The molecule has 0 saturated carbocycles. The fourth-order valence-corrected chi connectivity index (χ4v) is 3.29. The highest BCUT2D eigenvalue weighted by atomic mass is 19.4. The summed E-state index contributed by atoms with van der Waals surface area (Å²) in [4.78, 5) is 12.2. The first-order chi connectivity index (χ1) is 11.0. The third kappa shape index (κ3) is 4.70. The van der Waals surface area contributed by atoms with Crippen LogP contribution in [0.3, 0.4) is 0 Å². The summed E-state index contributed by atoms with van der Waals surface area (Å²) in [5.74, 6) is 1.89. The van der Waals surface area contributed by atoms with E-state index < -0.39 is 12.7 Å². The number of anilines is 2. The maximum atomic E-state index is 12.4. The molecule has 2 saturated heterocycles. The molecule has 2 aliphatic heterocycles. The van der Waals surface area contributed by atoms with Crippen LogP contribution in [0.25, 0.3) is 0 Å². The lowest BCUT2D eigenvalue weighted by molar-refractivity contribution is -0.143. The summed E-state index contributed by atoms with van der Waals surface area (Å²) in [6, 6.07) is 1.92. The molecule has 8 heteroatoms. The lowest BCUT2D eigenvalue weighted by Gasteiger charge is -2.19. The van der Waals surface area contributed by atoms with Gasteiger partial charge in [-0.15, -0.1) is 0 Å². The highest BCUT2D eigenvalue weighted by Crippen LogP contribution is 2.24. The lowest BCUT2D eigenvalue weighted by Crippen LogP contribution is -2.33. The van der Waals surface area contributed by atoms with E-state index in [4.69, 9.17) is 0 Å². The summed E-state index contributed by atoms with van der Waals surface area (Å²) < 4.78 is 37.2. The second kappa shape index (κ2) is 6.90. The van der Waals surface area contributed by atoms with Crippen LogP contribution in [0.4, 0.5) is 24.8 Å². The molecule has 3 rings (SSSR count). The summed E-state index contributed by atoms with van der Waals surface area (Å²) in [6.45, 7) is 2.86. The zero-order valence-electron chi connectivity index (χ0n) is 13.0. The molecule has 1 aromatic rings. The molecule has 1 atom stereocenters. The Bertz CT molecular complexity index is 516. The van der Waals surface area contributed by atoms with Gasteiger partial charge >= 0.3 is 6.18 Å². The average Bonchev–Trinajstić information content (AvgIpc) is 3.15. The van der Waals surface area contributed by atoms with E-state index in [-0.39, 0.29) is 5.92 Å². The quantitative estimate of drug-likeness (QED) is 0.898. The Balaban J connectivity index is 1.48. The van der Waals surface area contributed by atoms with Crippen molar-refractivity contribution >= 4 is 11.6 Å². The number of hydrogen-bond acceptors (Lipinski definition) is 5. The van der Waals surface area contributed by atoms with Crippen molar-refractivity contribution in [3.8, 4) is 0 Å². The average molecular weight is 329 g/mol. The molecular formula is C15H22F3N5. The fraction of sp³-hybridized carbons (Fsp3) is 0.733. The van der Waals surface area contributed by atoms with E-state index in [1.807, 2.05) is 6.07 Å². The van der Waals surface area contributed by atoms with Crippen molar-refractivity contribution in [2.24, 2.45) is 5.92 Å². The van der Waals surface area contributed by atoms with Crippen LogP contribution in [0.2, 0.25) is 0 Å². The summed E-state index contributed by atoms with van der Waals surface area (Å²) in [6.07, 6.45) is 0.584. The predicted octanol–water partition coefficient (Wildman–Crippen LogP) is 2.37. The van der Waals surface area contributed by atoms with Crippen molar-refractivity contribution in [2.75, 3.05) is 49.5 Å². The smallest absolute Gasteiger partial charge is 0.370 e. The van der Waals surface area contributed by atoms with E-state index >= 15 is 0 Å². The van der Waals surface area contributed by atoms with Gasteiger partial charge in [0.25, 0.3) is 0 Å². The molecule has 0 radical (unpaired) electrons. The van der Waals surface area contributed by atoms with Crippen molar-refractivity contribution in [3.05, 3.63) is 12.4 Å². The Hall–Kier alpha value is -1.57. The number of nitrogens with one attached hydrogen (secondary N) is 1. The van der Waals surface area contributed by atoms with Gasteiger partial charge in [0.1, 0.15) is 18.0 Å². The minimum absolute atomic E-state index is 0.225. The van der Waals surface area contributed by atoms with Crippen LogP contribution in [0, 0.1) is 5.92 Å². The molecule has 3 heterocycles. The van der Waals surface area contributed by atoms with Crippen molar-refractivity contribution in [2.45, 2.75) is 25.4 Å². The van der Waals surface area contributed by atoms with Gasteiger partial charge in [0.15, 0.2) is 0 Å². The van der Waals surface area contributed by atoms with E-state index in [0.29, 0.717) is 19.6 Å². The van der Waals surface area contributed by atoms with Crippen LogP contribution >= 0.6 is 0 Å². The molecule has 0 bridgehead atoms. The number of rotatable bonds is 5. The molecule has 0 aromatic carbocycles. The van der Waals surface area contributed by atoms with Crippen LogP contribution in [-0.4, -0.2) is 60.3 Å². The molecule has 1 N–H and O–H groups in total. The van der Waals surface area contributed by atoms with Gasteiger partial charge in [-0.1, -0.05) is 0 Å². The maximum absolute atomic E-state index is 12.4. The normalized spacial score (nSPS) is 22.7. The SMILES string of the molecule is FC(F)(F)CN1CC[C@H](CNc2cc(N3CCCC3)ncn2)C1. The van der Waals surface area contributed by atoms with E-state index in [9.17, 15) is 13.2 Å². The zero-order valence-corrected chi connectivity index (χ0v) is 13.0. The summed E-state index contributed by atoms with van der Waals surface area (Å²) in [5, 5.41) is 3.25. The highest BCUT2D eigenvalue weighted by molar-refractivity contribution is 5.48. The van der Waals surface area contributed by atoms with Crippen LogP contribution in [0.15, 0.2) is 12.4 Å². The molecule has 0 unspecified atom stereocenters. The second-order valence-corrected chi connectivity index (χ2v) is 6.34. The molecule has 0 spiro atoms. The van der Waals surface area contributed by atoms with Gasteiger partial charge in [-0.3, -0.25) is 4.90 Å². The largest absolute Gasteiger partial charge is 0.401 e. The van der Waals surface area contributed by atoms with Crippen molar-refractivity contribution < 1.29 is 13.2 Å². The van der Waals surface area contributed by atoms with Crippen LogP contribution in [0.5, 0.6) is 0 Å². The Morgan fingerprint density at radius 1 is 1.17 bits per heavy atom. The molecule has 0 aliphatic carbocycles. The minimum Gasteiger partial charge on any atom is -0.370 e. The second-order valence-electron chi connectivity index (χ2n) is 6.34. The van der Waals surface area contributed by atoms with Crippen molar-refractivity contribution in [3.63, 3.8) is 0 Å². The van der Waals surface area contributed by atoms with E-state index in [1.165, 1.54) is 17.7 Å². The van der Waals surface area contributed by atoms with E-state index in [1.54, 1.807) is 6.33 Å². The molecule has 128 valence electrons. The number of halogens is 3. The standard InChI is InChI=1S/C15H22F3N5/c16-15(17,18)10-22-6-3-12(9-22)8-19-13-7-14(21-11-20-13)23-4-1-2-5-23/h7,11-12H,1-6,8-10H2,(H,19,20,21)/t12-/m1/s1. The third-order valence-electron chi connectivity index (χ3n) is 4.43. The van der Waals surface area contributed by atoms with E-state index in [0.717, 1.165) is 31.1 Å². The van der Waals surface area contributed by atoms with Crippen molar-refractivity contribution in [1.82, 2.24) is 14.9 Å². The van der Waals surface area contributed by atoms with Crippen molar-refractivity contribution in [1.29, 1.82) is 0 Å². The van der Waals surface area contributed by atoms with Gasteiger partial charge in [0, 0.05) is 32.2 Å². The fourth-order valence-electron chi connectivity index (χ4n) is 3.29. The number of alkyl halides is 3. The van der Waals surface area contributed by atoms with E-state index in [2.05, 4.69) is 20.2 Å². The zero-order chi connectivity index (χ0) is 16.3. The highest BCUT2D eigenvalue weighted by Gasteiger charge is 2.34. The molecule has 5 nitrogen and oxygen atoms in total. The molecule has 2 aliphatic rings. The van der Waals surface area contributed by atoms with Gasteiger partial charge in [-0.2, -0.15) is 13.2 Å². The van der Waals surface area contributed by atoms with Crippen LogP contribution in [-0.2, 0) is 0 Å². The summed E-state index contributed by atoms with van der Waals surface area (Å²) in [7, 11) is 0. The number of nitrogens with zero attached hydrogens (tertiary/aromatic N) is 4. The van der Waals surface area contributed by atoms with Crippen LogP contribution in [0.1, 0.15) is 19.3 Å². The monoisotopic (exact) mass is 329 g/mol. The molecule has 23 heavy (non-hydrogen) atoms. The third-order valence-corrected chi connectivity index (χ3v) is 4.43. The Morgan fingerprint density at radius 3 is 2.70 bits per heavy atom. The van der Waals surface area contributed by atoms with Gasteiger partial charge in [-0.25, -0.2) is 9.97 Å². The van der Waals surface area contributed by atoms with Crippen LogP contribution < -0.4 is 10.2 Å².